The van der Waals surface area contributed by atoms with Crippen LogP contribution in [-0.4, -0.2) is 29.9 Å². The first-order chi connectivity index (χ1) is 14.0. The minimum atomic E-state index is -1.64. The molecule has 0 spiro atoms. The lowest BCUT2D eigenvalue weighted by molar-refractivity contribution is -0.0802. The molecular formula is C24H38F4S. The molecule has 0 bridgehead atoms. The van der Waals surface area contributed by atoms with Crippen LogP contribution in [-0.2, 0) is 0 Å². The van der Waals surface area contributed by atoms with E-state index in [4.69, 9.17) is 0 Å². The Kier molecular flexibility index (Phi) is 7.44. The third-order valence-electron chi connectivity index (χ3n) is 9.06. The predicted octanol–water partition coefficient (Wildman–Crippen LogP) is 7.46. The van der Waals surface area contributed by atoms with Crippen LogP contribution in [0.5, 0.6) is 0 Å². The standard InChI is InChI=1S/C24H38F4S/c25-21-17(14-4-2-1-3-5-14)10-12-19(23(21)27)20-13-11-18(22(26)24(20)28)15-6-8-16(29)9-7-15/h14-24,29H,1-13H2. The monoisotopic (exact) mass is 434 g/mol. The Morgan fingerprint density at radius 1 is 0.414 bits per heavy atom. The van der Waals surface area contributed by atoms with Crippen LogP contribution in [0, 0.1) is 35.5 Å². The Hall–Kier alpha value is 0.0700. The van der Waals surface area contributed by atoms with Crippen LogP contribution < -0.4 is 0 Å². The lowest BCUT2D eigenvalue weighted by Gasteiger charge is -2.47. The highest BCUT2D eigenvalue weighted by Gasteiger charge is 2.52. The summed E-state index contributed by atoms with van der Waals surface area (Å²) in [7, 11) is 0. The first-order valence-corrected chi connectivity index (χ1v) is 12.7. The number of hydrogen-bond acceptors (Lipinski definition) is 1. The molecule has 0 aromatic heterocycles. The quantitative estimate of drug-likeness (QED) is 0.346. The summed E-state index contributed by atoms with van der Waals surface area (Å²) in [6, 6.07) is 0. The van der Waals surface area contributed by atoms with Crippen LogP contribution in [0.2, 0.25) is 0 Å². The van der Waals surface area contributed by atoms with E-state index in [-0.39, 0.29) is 23.7 Å². The van der Waals surface area contributed by atoms with Crippen molar-refractivity contribution in [1.29, 1.82) is 0 Å². The molecule has 168 valence electrons. The van der Waals surface area contributed by atoms with Gasteiger partial charge in [-0.1, -0.05) is 32.1 Å². The zero-order chi connectivity index (χ0) is 20.5. The normalized spacial score (nSPS) is 50.4. The van der Waals surface area contributed by atoms with Crippen molar-refractivity contribution in [2.24, 2.45) is 35.5 Å². The fourth-order valence-electron chi connectivity index (χ4n) is 7.34. The van der Waals surface area contributed by atoms with Gasteiger partial charge in [-0.25, -0.2) is 17.6 Å². The number of rotatable bonds is 3. The molecule has 0 aromatic carbocycles. The lowest BCUT2D eigenvalue weighted by Crippen LogP contribution is -2.50. The van der Waals surface area contributed by atoms with E-state index in [1.807, 2.05) is 0 Å². The summed E-state index contributed by atoms with van der Waals surface area (Å²) in [5, 5.41) is 0.384. The van der Waals surface area contributed by atoms with Gasteiger partial charge >= 0.3 is 0 Å². The van der Waals surface area contributed by atoms with Gasteiger partial charge < -0.3 is 0 Å². The van der Waals surface area contributed by atoms with Gasteiger partial charge in [-0.05, 0) is 86.9 Å². The van der Waals surface area contributed by atoms with Gasteiger partial charge in [-0.2, -0.15) is 12.6 Å². The highest BCUT2D eigenvalue weighted by molar-refractivity contribution is 7.80. The number of hydrogen-bond donors (Lipinski definition) is 1. The minimum Gasteiger partial charge on any atom is -0.244 e. The molecule has 0 N–H and O–H groups in total. The van der Waals surface area contributed by atoms with Gasteiger partial charge in [0.1, 0.15) is 24.7 Å². The minimum absolute atomic E-state index is 0.214. The van der Waals surface area contributed by atoms with Crippen molar-refractivity contribution in [2.75, 3.05) is 0 Å². The van der Waals surface area contributed by atoms with Gasteiger partial charge in [-0.3, -0.25) is 0 Å². The van der Waals surface area contributed by atoms with E-state index in [1.54, 1.807) is 0 Å². The third kappa shape index (κ3) is 4.65. The van der Waals surface area contributed by atoms with Crippen LogP contribution in [0.25, 0.3) is 0 Å². The number of halogens is 4. The summed E-state index contributed by atoms with van der Waals surface area (Å²) >= 11 is 4.51. The van der Waals surface area contributed by atoms with Crippen molar-refractivity contribution in [3.05, 3.63) is 0 Å². The Morgan fingerprint density at radius 3 is 1.28 bits per heavy atom. The molecule has 29 heavy (non-hydrogen) atoms. The molecule has 0 aliphatic heterocycles. The molecule has 8 unspecified atom stereocenters. The van der Waals surface area contributed by atoms with E-state index >= 15 is 17.6 Å². The molecule has 4 rings (SSSR count). The smallest absolute Gasteiger partial charge is 0.135 e. The third-order valence-corrected chi connectivity index (χ3v) is 9.58. The zero-order valence-corrected chi connectivity index (χ0v) is 18.4. The average molecular weight is 435 g/mol. The summed E-state index contributed by atoms with van der Waals surface area (Å²) in [4.78, 5) is 0. The van der Waals surface area contributed by atoms with Crippen molar-refractivity contribution in [2.45, 2.75) is 113 Å². The van der Waals surface area contributed by atoms with E-state index < -0.39 is 36.5 Å². The molecule has 4 fully saturated rings. The summed E-state index contributed by atoms with van der Waals surface area (Å²) in [5.74, 6) is -1.25. The Morgan fingerprint density at radius 2 is 0.793 bits per heavy atom. The van der Waals surface area contributed by atoms with Crippen molar-refractivity contribution < 1.29 is 17.6 Å². The van der Waals surface area contributed by atoms with Gasteiger partial charge in [0.15, 0.2) is 0 Å². The number of thiol groups is 1. The van der Waals surface area contributed by atoms with Crippen LogP contribution in [0.3, 0.4) is 0 Å². The van der Waals surface area contributed by atoms with Gasteiger partial charge in [0.05, 0.1) is 0 Å². The van der Waals surface area contributed by atoms with Crippen LogP contribution in [0.4, 0.5) is 17.6 Å². The maximum absolute atomic E-state index is 15.2. The Labute approximate surface area is 179 Å². The fourth-order valence-corrected chi connectivity index (χ4v) is 7.63. The summed E-state index contributed by atoms with van der Waals surface area (Å²) < 4.78 is 60.5. The first-order valence-electron chi connectivity index (χ1n) is 12.2. The summed E-state index contributed by atoms with van der Waals surface area (Å²) in [6.45, 7) is 0. The second-order valence-corrected chi connectivity index (χ2v) is 11.3. The zero-order valence-electron chi connectivity index (χ0n) is 17.5. The van der Waals surface area contributed by atoms with E-state index in [9.17, 15) is 0 Å². The highest BCUT2D eigenvalue weighted by atomic mass is 32.1. The molecule has 4 aliphatic carbocycles. The van der Waals surface area contributed by atoms with Gasteiger partial charge in [0.25, 0.3) is 0 Å². The molecule has 4 aliphatic rings. The van der Waals surface area contributed by atoms with Crippen LogP contribution in [0.1, 0.15) is 83.5 Å². The lowest BCUT2D eigenvalue weighted by atomic mass is 9.61. The molecule has 0 heterocycles. The molecule has 0 saturated heterocycles. The maximum Gasteiger partial charge on any atom is 0.135 e. The molecule has 8 atom stereocenters. The SMILES string of the molecule is FC1C(F)C(C2CCC(C3CCC(S)CC3)C(F)C2F)CCC1C1CCCCC1. The number of alkyl halides is 4. The highest BCUT2D eigenvalue weighted by Crippen LogP contribution is 2.50. The van der Waals surface area contributed by atoms with Crippen molar-refractivity contribution in [1.82, 2.24) is 0 Å². The second-order valence-electron chi connectivity index (χ2n) is 10.6. The first kappa shape index (κ1) is 22.3. The molecule has 0 aromatic rings. The topological polar surface area (TPSA) is 0 Å². The van der Waals surface area contributed by atoms with Gasteiger partial charge in [-0.15, -0.1) is 0 Å². The molecule has 0 nitrogen and oxygen atoms in total. The Bertz CT molecular complexity index is 517. The molecule has 0 radical (unpaired) electrons. The maximum atomic E-state index is 15.2. The predicted molar refractivity (Wildman–Crippen MR) is 113 cm³/mol. The molecule has 5 heteroatoms. The fraction of sp³-hybridized carbons (Fsp3) is 1.00. The van der Waals surface area contributed by atoms with Crippen molar-refractivity contribution >= 4 is 12.6 Å². The molecular weight excluding hydrogens is 396 g/mol. The average Bonchev–Trinajstić information content (AvgIpc) is 2.74. The summed E-state index contributed by atoms with van der Waals surface area (Å²) in [6.07, 6.45) is 5.24. The van der Waals surface area contributed by atoms with E-state index in [2.05, 4.69) is 12.6 Å². The van der Waals surface area contributed by atoms with Crippen molar-refractivity contribution in [3.8, 4) is 0 Å². The van der Waals surface area contributed by atoms with E-state index in [0.717, 1.165) is 51.4 Å². The van der Waals surface area contributed by atoms with Crippen LogP contribution >= 0.6 is 12.6 Å². The van der Waals surface area contributed by atoms with E-state index in [0.29, 0.717) is 30.9 Å². The second kappa shape index (κ2) is 9.69. The van der Waals surface area contributed by atoms with Gasteiger partial charge in [0, 0.05) is 5.25 Å². The largest absolute Gasteiger partial charge is 0.244 e. The van der Waals surface area contributed by atoms with Gasteiger partial charge in [0.2, 0.25) is 0 Å². The molecule has 4 saturated carbocycles. The van der Waals surface area contributed by atoms with Crippen molar-refractivity contribution in [3.63, 3.8) is 0 Å². The van der Waals surface area contributed by atoms with E-state index in [1.165, 1.54) is 6.42 Å². The molecule has 0 amide bonds. The summed E-state index contributed by atoms with van der Waals surface area (Å²) in [5.41, 5.74) is 0. The Balaban J connectivity index is 1.36. The van der Waals surface area contributed by atoms with Crippen LogP contribution in [0.15, 0.2) is 0 Å².